The van der Waals surface area contributed by atoms with E-state index in [9.17, 15) is 0 Å². The summed E-state index contributed by atoms with van der Waals surface area (Å²) >= 11 is 2.06. The molecule has 2 rings (SSSR count). The summed E-state index contributed by atoms with van der Waals surface area (Å²) < 4.78 is 0.633. The molecule has 0 heterocycles. The molecule has 1 aliphatic carbocycles. The summed E-state index contributed by atoms with van der Waals surface area (Å²) in [5.41, 5.74) is 1.52. The molecule has 0 saturated heterocycles. The summed E-state index contributed by atoms with van der Waals surface area (Å²) in [6.07, 6.45) is 8.52. The van der Waals surface area contributed by atoms with E-state index in [4.69, 9.17) is 0 Å². The molecule has 0 atom stereocenters. The molecule has 76 valence electrons. The van der Waals surface area contributed by atoms with Crippen LogP contribution in [0, 0.1) is 0 Å². The van der Waals surface area contributed by atoms with Crippen molar-refractivity contribution in [2.45, 2.75) is 42.0 Å². The molecule has 0 N–H and O–H groups in total. The fourth-order valence-corrected chi connectivity index (χ4v) is 3.79. The molecule has 0 bridgehead atoms. The molecule has 0 aliphatic heterocycles. The molecule has 1 aromatic rings. The first-order valence-corrected chi connectivity index (χ1v) is 6.82. The van der Waals surface area contributed by atoms with E-state index in [2.05, 4.69) is 52.6 Å². The fraction of sp³-hybridized carbons (Fsp3) is 0.538. The van der Waals surface area contributed by atoms with Gasteiger partial charge in [0.25, 0.3) is 0 Å². The van der Waals surface area contributed by atoms with E-state index in [1.165, 1.54) is 44.1 Å². The average molecular weight is 302 g/mol. The molecule has 1 fully saturated rings. The zero-order valence-corrected chi connectivity index (χ0v) is 11.1. The molecule has 0 amide bonds. The Balaban J connectivity index is 2.02. The second-order valence-corrected chi connectivity index (χ2v) is 7.16. The summed E-state index contributed by atoms with van der Waals surface area (Å²) in [5.74, 6) is 0. The third-order valence-electron chi connectivity index (χ3n) is 3.16. The van der Waals surface area contributed by atoms with Gasteiger partial charge in [0.15, 0.2) is 0 Å². The molecule has 0 spiro atoms. The topological polar surface area (TPSA) is 0 Å². The van der Waals surface area contributed by atoms with Gasteiger partial charge in [0.2, 0.25) is 0 Å². The minimum absolute atomic E-state index is 0.633. The van der Waals surface area contributed by atoms with Crippen LogP contribution in [0.4, 0.5) is 0 Å². The summed E-state index contributed by atoms with van der Waals surface area (Å²) in [4.78, 5) is 0. The van der Waals surface area contributed by atoms with Crippen molar-refractivity contribution in [2.24, 2.45) is 0 Å². The Morgan fingerprint density at radius 1 is 1.00 bits per heavy atom. The number of hydrogen-bond donors (Lipinski definition) is 0. The van der Waals surface area contributed by atoms with Crippen molar-refractivity contribution in [3.8, 4) is 0 Å². The van der Waals surface area contributed by atoms with Crippen molar-refractivity contribution in [3.05, 3.63) is 35.9 Å². The van der Waals surface area contributed by atoms with Gasteiger partial charge in [-0.2, -0.15) is 0 Å². The van der Waals surface area contributed by atoms with Gasteiger partial charge in [-0.1, -0.05) is 0 Å². The van der Waals surface area contributed by atoms with E-state index >= 15 is 0 Å². The fourth-order valence-electron chi connectivity index (χ4n) is 2.36. The molecule has 0 aromatic heterocycles. The van der Waals surface area contributed by atoms with E-state index in [1.807, 2.05) is 0 Å². The third-order valence-corrected chi connectivity index (χ3v) is 4.89. The Bertz CT molecular complexity index is 273. The van der Waals surface area contributed by atoms with E-state index in [0.29, 0.717) is 3.46 Å². The summed E-state index contributed by atoms with van der Waals surface area (Å²) in [5, 5.41) is 0. The molecular weight excluding hydrogens is 284 g/mol. The van der Waals surface area contributed by atoms with Gasteiger partial charge in [-0.3, -0.25) is 0 Å². The van der Waals surface area contributed by atoms with Crippen LogP contribution in [0.15, 0.2) is 30.3 Å². The quantitative estimate of drug-likeness (QED) is 0.736. The number of benzene rings is 1. The Labute approximate surface area is 100 Å². The average Bonchev–Trinajstić information content (AvgIpc) is 2.19. The molecule has 1 aromatic carbocycles. The Kier molecular flexibility index (Phi) is 3.52. The zero-order valence-electron chi connectivity index (χ0n) is 8.58. The maximum absolute atomic E-state index is 2.27. The van der Waals surface area contributed by atoms with Gasteiger partial charge in [0.05, 0.1) is 0 Å². The molecular formula is C13H18Te. The predicted octanol–water partition coefficient (Wildman–Crippen LogP) is 3.25. The van der Waals surface area contributed by atoms with Gasteiger partial charge in [-0.05, 0) is 0 Å². The van der Waals surface area contributed by atoms with Gasteiger partial charge in [0.1, 0.15) is 0 Å². The standard InChI is InChI=1S/C13H18Te/c14-13(9-5-2-6-10-13)11-12-7-3-1-4-8-12/h1,3-4,7-8,14H,2,5-6,9-11H2. The second-order valence-electron chi connectivity index (χ2n) is 4.45. The third kappa shape index (κ3) is 2.75. The van der Waals surface area contributed by atoms with Gasteiger partial charge >= 0.3 is 100 Å². The van der Waals surface area contributed by atoms with Gasteiger partial charge in [-0.15, -0.1) is 0 Å². The molecule has 0 nitrogen and oxygen atoms in total. The number of rotatable bonds is 2. The van der Waals surface area contributed by atoms with Crippen LogP contribution in [0.2, 0.25) is 3.46 Å². The summed E-state index contributed by atoms with van der Waals surface area (Å²) in [6, 6.07) is 11.0. The van der Waals surface area contributed by atoms with Crippen LogP contribution in [0.25, 0.3) is 0 Å². The van der Waals surface area contributed by atoms with Crippen LogP contribution in [0.3, 0.4) is 0 Å². The van der Waals surface area contributed by atoms with Crippen molar-refractivity contribution in [3.63, 3.8) is 0 Å². The SMILES string of the molecule is [TeH]C1(Cc2ccccc2)CCCCC1. The first-order valence-electron chi connectivity index (χ1n) is 5.55. The minimum atomic E-state index is 0.633. The molecule has 1 aliphatic rings. The Morgan fingerprint density at radius 3 is 2.29 bits per heavy atom. The monoisotopic (exact) mass is 304 g/mol. The Morgan fingerprint density at radius 2 is 1.64 bits per heavy atom. The molecule has 0 unspecified atom stereocenters. The van der Waals surface area contributed by atoms with Crippen LogP contribution >= 0.6 is 0 Å². The molecule has 14 heavy (non-hydrogen) atoms. The maximum atomic E-state index is 2.27. The van der Waals surface area contributed by atoms with Crippen molar-refractivity contribution in [2.75, 3.05) is 0 Å². The van der Waals surface area contributed by atoms with E-state index in [-0.39, 0.29) is 0 Å². The summed E-state index contributed by atoms with van der Waals surface area (Å²) in [7, 11) is 0. The summed E-state index contributed by atoms with van der Waals surface area (Å²) in [6.45, 7) is 0. The van der Waals surface area contributed by atoms with Gasteiger partial charge < -0.3 is 0 Å². The van der Waals surface area contributed by atoms with E-state index in [0.717, 1.165) is 0 Å². The molecule has 1 heteroatoms. The van der Waals surface area contributed by atoms with Crippen LogP contribution in [-0.2, 0) is 6.42 Å². The van der Waals surface area contributed by atoms with Crippen molar-refractivity contribution in [1.29, 1.82) is 0 Å². The molecule has 0 radical (unpaired) electrons. The van der Waals surface area contributed by atoms with Crippen LogP contribution in [-0.4, -0.2) is 22.3 Å². The van der Waals surface area contributed by atoms with Gasteiger partial charge in [-0.25, -0.2) is 0 Å². The number of hydrogen-bond acceptors (Lipinski definition) is 0. The van der Waals surface area contributed by atoms with Crippen LogP contribution in [0.1, 0.15) is 37.7 Å². The van der Waals surface area contributed by atoms with Crippen molar-refractivity contribution in [1.82, 2.24) is 0 Å². The van der Waals surface area contributed by atoms with Crippen molar-refractivity contribution >= 4 is 22.3 Å². The predicted molar refractivity (Wildman–Crippen MR) is 63.1 cm³/mol. The Hall–Kier alpha value is 0.00961. The van der Waals surface area contributed by atoms with Crippen LogP contribution in [0.5, 0.6) is 0 Å². The van der Waals surface area contributed by atoms with E-state index < -0.39 is 0 Å². The van der Waals surface area contributed by atoms with Gasteiger partial charge in [0, 0.05) is 0 Å². The first kappa shape index (κ1) is 10.5. The second kappa shape index (κ2) is 4.69. The van der Waals surface area contributed by atoms with Crippen LogP contribution < -0.4 is 0 Å². The molecule has 1 saturated carbocycles. The van der Waals surface area contributed by atoms with E-state index in [1.54, 1.807) is 0 Å². The zero-order chi connectivity index (χ0) is 9.86. The van der Waals surface area contributed by atoms with Crippen molar-refractivity contribution < 1.29 is 0 Å². The first-order chi connectivity index (χ1) is 6.79. The normalized spacial score (nSPS) is 20.6.